The zero-order chi connectivity index (χ0) is 15.8. The normalized spacial score (nSPS) is 17.9. The van der Waals surface area contributed by atoms with Gasteiger partial charge in [-0.15, -0.1) is 0 Å². The lowest BCUT2D eigenvalue weighted by molar-refractivity contribution is -0.143. The molecule has 0 aromatic heterocycles. The Morgan fingerprint density at radius 2 is 1.81 bits per heavy atom. The summed E-state index contributed by atoms with van der Waals surface area (Å²) in [5.74, 6) is -1.12. The lowest BCUT2D eigenvalue weighted by atomic mass is 10.0. The number of hydrogen-bond acceptors (Lipinski definition) is 3. The zero-order valence-corrected chi connectivity index (χ0v) is 15.3. The summed E-state index contributed by atoms with van der Waals surface area (Å²) in [5, 5.41) is 9.39. The Hall–Kier alpha value is -0.440. The summed E-state index contributed by atoms with van der Waals surface area (Å²) in [6.45, 7) is 1.84. The fraction of sp³-hybridized carbons (Fsp3) is 0.462. The van der Waals surface area contributed by atoms with Crippen LogP contribution >= 0.6 is 31.9 Å². The summed E-state index contributed by atoms with van der Waals surface area (Å²) >= 11 is 6.53. The second-order valence-corrected chi connectivity index (χ2v) is 8.59. The lowest BCUT2D eigenvalue weighted by Crippen LogP contribution is -2.52. The first-order valence-corrected chi connectivity index (χ1v) is 9.48. The Balaban J connectivity index is 2.43. The molecule has 0 spiro atoms. The van der Waals surface area contributed by atoms with E-state index in [1.165, 1.54) is 6.07 Å². The van der Waals surface area contributed by atoms with Crippen LogP contribution in [-0.4, -0.2) is 25.0 Å². The van der Waals surface area contributed by atoms with E-state index in [0.29, 0.717) is 34.6 Å². The van der Waals surface area contributed by atoms with Gasteiger partial charge in [0.25, 0.3) is 0 Å². The molecular formula is C13H15Br2NO4S. The molecule has 0 heterocycles. The van der Waals surface area contributed by atoms with Crippen molar-refractivity contribution in [1.29, 1.82) is 0 Å². The van der Waals surface area contributed by atoms with Crippen molar-refractivity contribution in [2.45, 2.75) is 43.0 Å². The Labute approximate surface area is 140 Å². The first-order chi connectivity index (χ1) is 9.68. The number of halogens is 2. The van der Waals surface area contributed by atoms with Crippen LogP contribution in [0.5, 0.6) is 0 Å². The van der Waals surface area contributed by atoms with Crippen molar-refractivity contribution in [2.24, 2.45) is 0 Å². The van der Waals surface area contributed by atoms with E-state index in [2.05, 4.69) is 36.6 Å². The molecule has 116 valence electrons. The van der Waals surface area contributed by atoms with E-state index in [4.69, 9.17) is 0 Å². The molecular weight excluding hydrogens is 426 g/mol. The molecule has 2 N–H and O–H groups in total. The molecule has 1 saturated carbocycles. The number of rotatable bonds is 4. The van der Waals surface area contributed by atoms with Crippen LogP contribution in [0.2, 0.25) is 0 Å². The number of hydrogen-bond donors (Lipinski definition) is 2. The maximum Gasteiger partial charge on any atom is 0.324 e. The molecule has 0 saturated heterocycles. The molecule has 1 aromatic carbocycles. The molecule has 0 radical (unpaired) electrons. The Morgan fingerprint density at radius 3 is 2.33 bits per heavy atom. The van der Waals surface area contributed by atoms with Gasteiger partial charge < -0.3 is 5.11 Å². The molecule has 21 heavy (non-hydrogen) atoms. The number of carbonyl (C=O) groups is 1. The van der Waals surface area contributed by atoms with Crippen molar-refractivity contribution < 1.29 is 18.3 Å². The van der Waals surface area contributed by atoms with Gasteiger partial charge in [-0.1, -0.05) is 28.8 Å². The van der Waals surface area contributed by atoms with Crippen molar-refractivity contribution >= 4 is 47.9 Å². The van der Waals surface area contributed by atoms with E-state index in [0.717, 1.165) is 5.56 Å². The third kappa shape index (κ3) is 3.33. The summed E-state index contributed by atoms with van der Waals surface area (Å²) in [5.41, 5.74) is -0.509. The quantitative estimate of drug-likeness (QED) is 0.752. The smallest absolute Gasteiger partial charge is 0.324 e. The van der Waals surface area contributed by atoms with Gasteiger partial charge in [-0.25, -0.2) is 8.42 Å². The highest BCUT2D eigenvalue weighted by Crippen LogP contribution is 2.34. The van der Waals surface area contributed by atoms with Gasteiger partial charge in [0.1, 0.15) is 5.54 Å². The Morgan fingerprint density at radius 1 is 1.24 bits per heavy atom. The van der Waals surface area contributed by atoms with E-state index < -0.39 is 21.5 Å². The van der Waals surface area contributed by atoms with Gasteiger partial charge in [-0.2, -0.15) is 4.72 Å². The highest BCUT2D eigenvalue weighted by molar-refractivity contribution is 9.11. The minimum atomic E-state index is -3.92. The molecule has 0 bridgehead atoms. The number of aliphatic carboxylic acids is 1. The van der Waals surface area contributed by atoms with Gasteiger partial charge in [0.15, 0.2) is 0 Å². The SMILES string of the molecule is Cc1cc(Br)c(S(=O)(=O)NC2(C(=O)O)CCCC2)cc1Br. The van der Waals surface area contributed by atoms with Crippen LogP contribution in [0.25, 0.3) is 0 Å². The topological polar surface area (TPSA) is 83.5 Å². The second kappa shape index (κ2) is 5.98. The van der Waals surface area contributed by atoms with Gasteiger partial charge in [-0.05, 0) is 53.4 Å². The van der Waals surface area contributed by atoms with Crippen molar-refractivity contribution in [3.05, 3.63) is 26.6 Å². The van der Waals surface area contributed by atoms with Crippen LogP contribution in [0.15, 0.2) is 26.0 Å². The maximum absolute atomic E-state index is 12.6. The van der Waals surface area contributed by atoms with Crippen LogP contribution in [0.3, 0.4) is 0 Å². The van der Waals surface area contributed by atoms with Crippen LogP contribution in [0.1, 0.15) is 31.2 Å². The van der Waals surface area contributed by atoms with E-state index in [9.17, 15) is 18.3 Å². The summed E-state index contributed by atoms with van der Waals surface area (Å²) in [6.07, 6.45) is 2.03. The number of benzene rings is 1. The summed E-state index contributed by atoms with van der Waals surface area (Å²) in [6, 6.07) is 3.16. The summed E-state index contributed by atoms with van der Waals surface area (Å²) in [4.78, 5) is 11.5. The third-order valence-electron chi connectivity index (χ3n) is 3.70. The van der Waals surface area contributed by atoms with Crippen LogP contribution < -0.4 is 4.72 Å². The van der Waals surface area contributed by atoms with Gasteiger partial charge in [-0.3, -0.25) is 4.79 Å². The standard InChI is InChI=1S/C13H15Br2NO4S/c1-8-6-10(15)11(7-9(8)14)21(19,20)16-13(12(17)18)4-2-3-5-13/h6-7,16H,2-5H2,1H3,(H,17,18). The van der Waals surface area contributed by atoms with Crippen molar-refractivity contribution in [2.75, 3.05) is 0 Å². The van der Waals surface area contributed by atoms with E-state index >= 15 is 0 Å². The molecule has 1 fully saturated rings. The molecule has 5 nitrogen and oxygen atoms in total. The molecule has 0 unspecified atom stereocenters. The fourth-order valence-electron chi connectivity index (χ4n) is 2.48. The van der Waals surface area contributed by atoms with Gasteiger partial charge in [0.2, 0.25) is 10.0 Å². The molecule has 0 amide bonds. The predicted octanol–water partition coefficient (Wildman–Crippen LogP) is 3.20. The number of carboxylic acid groups (broad SMARTS) is 1. The minimum Gasteiger partial charge on any atom is -0.480 e. The lowest BCUT2D eigenvalue weighted by Gasteiger charge is -2.25. The van der Waals surface area contributed by atoms with E-state index in [1.54, 1.807) is 6.07 Å². The van der Waals surface area contributed by atoms with Crippen molar-refractivity contribution in [1.82, 2.24) is 4.72 Å². The van der Waals surface area contributed by atoms with Crippen LogP contribution in [0.4, 0.5) is 0 Å². The molecule has 1 aliphatic rings. The molecule has 0 aliphatic heterocycles. The highest BCUT2D eigenvalue weighted by atomic mass is 79.9. The average Bonchev–Trinajstić information content (AvgIpc) is 2.82. The second-order valence-electron chi connectivity index (χ2n) is 5.23. The number of nitrogens with one attached hydrogen (secondary N) is 1. The molecule has 0 atom stereocenters. The van der Waals surface area contributed by atoms with Crippen molar-refractivity contribution in [3.63, 3.8) is 0 Å². The summed E-state index contributed by atoms with van der Waals surface area (Å²) in [7, 11) is -3.92. The predicted molar refractivity (Wildman–Crippen MR) is 85.7 cm³/mol. The maximum atomic E-state index is 12.6. The average molecular weight is 441 g/mol. The number of aryl methyl sites for hydroxylation is 1. The summed E-state index contributed by atoms with van der Waals surface area (Å²) < 4.78 is 28.6. The number of carboxylic acids is 1. The molecule has 2 rings (SSSR count). The molecule has 8 heteroatoms. The zero-order valence-electron chi connectivity index (χ0n) is 11.3. The Bertz CT molecular complexity index is 682. The van der Waals surface area contributed by atoms with E-state index in [1.807, 2.05) is 6.92 Å². The number of sulfonamides is 1. The monoisotopic (exact) mass is 439 g/mol. The molecule has 1 aromatic rings. The largest absolute Gasteiger partial charge is 0.480 e. The Kier molecular flexibility index (Phi) is 4.82. The van der Waals surface area contributed by atoms with Gasteiger partial charge >= 0.3 is 5.97 Å². The first kappa shape index (κ1) is 16.9. The van der Waals surface area contributed by atoms with Gasteiger partial charge in [0.05, 0.1) is 4.90 Å². The van der Waals surface area contributed by atoms with Crippen LogP contribution in [0, 0.1) is 6.92 Å². The van der Waals surface area contributed by atoms with E-state index in [-0.39, 0.29) is 4.90 Å². The third-order valence-corrected chi connectivity index (χ3v) is 7.05. The van der Waals surface area contributed by atoms with Crippen molar-refractivity contribution in [3.8, 4) is 0 Å². The molecule has 1 aliphatic carbocycles. The first-order valence-electron chi connectivity index (χ1n) is 6.41. The highest BCUT2D eigenvalue weighted by Gasteiger charge is 2.45. The van der Waals surface area contributed by atoms with Gasteiger partial charge in [0, 0.05) is 8.95 Å². The minimum absolute atomic E-state index is 0.0347. The van der Waals surface area contributed by atoms with Crippen LogP contribution in [-0.2, 0) is 14.8 Å². The fourth-order valence-corrected chi connectivity index (χ4v) is 5.58.